The third kappa shape index (κ3) is 5.75. The summed E-state index contributed by atoms with van der Waals surface area (Å²) < 4.78 is 0. The molecule has 0 heterocycles. The number of benzene rings is 1. The molecule has 108 valence electrons. The molecule has 0 aromatic heterocycles. The van der Waals surface area contributed by atoms with E-state index in [1.807, 2.05) is 31.2 Å². The van der Waals surface area contributed by atoms with Crippen molar-refractivity contribution in [3.8, 4) is 6.07 Å². The number of nitrogens with one attached hydrogen (secondary N) is 2. The van der Waals surface area contributed by atoms with Gasteiger partial charge in [-0.1, -0.05) is 20.8 Å². The van der Waals surface area contributed by atoms with Gasteiger partial charge in [-0.3, -0.25) is 4.79 Å². The van der Waals surface area contributed by atoms with Crippen LogP contribution in [-0.2, 0) is 4.79 Å². The van der Waals surface area contributed by atoms with Gasteiger partial charge in [-0.05, 0) is 36.1 Å². The average Bonchev–Trinajstić information content (AvgIpc) is 2.44. The highest BCUT2D eigenvalue weighted by atomic mass is 16.1. The summed E-state index contributed by atoms with van der Waals surface area (Å²) in [5.74, 6) is 0.0170. The van der Waals surface area contributed by atoms with Gasteiger partial charge >= 0.3 is 0 Å². The topological polar surface area (TPSA) is 64.9 Å². The number of anilines is 2. The lowest BCUT2D eigenvalue weighted by Crippen LogP contribution is -2.22. The van der Waals surface area contributed by atoms with Crippen molar-refractivity contribution in [3.63, 3.8) is 0 Å². The molecule has 0 aliphatic heterocycles. The zero-order valence-corrected chi connectivity index (χ0v) is 12.5. The summed E-state index contributed by atoms with van der Waals surface area (Å²) in [4.78, 5) is 11.3. The Bertz CT molecular complexity index is 471. The lowest BCUT2D eigenvalue weighted by molar-refractivity contribution is -0.115. The summed E-state index contributed by atoms with van der Waals surface area (Å²) in [5.41, 5.74) is 1.92. The second kappa shape index (κ2) is 7.54. The summed E-state index contributed by atoms with van der Waals surface area (Å²) >= 11 is 0. The minimum Gasteiger partial charge on any atom is -0.385 e. The molecule has 0 fully saturated rings. The summed E-state index contributed by atoms with van der Waals surface area (Å²) in [6.07, 6.45) is 1.94. The van der Waals surface area contributed by atoms with Gasteiger partial charge in [0.1, 0.15) is 0 Å². The average molecular weight is 273 g/mol. The Morgan fingerprint density at radius 3 is 2.40 bits per heavy atom. The highest BCUT2D eigenvalue weighted by molar-refractivity contribution is 5.90. The number of hydrogen-bond acceptors (Lipinski definition) is 3. The molecule has 2 N–H and O–H groups in total. The highest BCUT2D eigenvalue weighted by Crippen LogP contribution is 2.23. The third-order valence-electron chi connectivity index (χ3n) is 3.17. The van der Waals surface area contributed by atoms with E-state index in [0.717, 1.165) is 24.3 Å². The number of carbonyl (C=O) groups excluding carboxylic acids is 1. The fourth-order valence-corrected chi connectivity index (χ4v) is 1.74. The van der Waals surface area contributed by atoms with E-state index in [1.54, 1.807) is 0 Å². The predicted octanol–water partition coefficient (Wildman–Crippen LogP) is 3.78. The van der Waals surface area contributed by atoms with Crippen LogP contribution in [0, 0.1) is 16.7 Å². The van der Waals surface area contributed by atoms with Crippen molar-refractivity contribution in [2.45, 2.75) is 40.0 Å². The standard InChI is InChI=1S/C16H23N3O/c1-4-15(20)19-14-8-6-13(7-9-14)18-12-16(2,3)10-5-11-17/h6-9,18H,4-5,10,12H2,1-3H3,(H,19,20). The molecule has 0 radical (unpaired) electrons. The van der Waals surface area contributed by atoms with Crippen molar-refractivity contribution in [3.05, 3.63) is 24.3 Å². The van der Waals surface area contributed by atoms with Gasteiger partial charge in [0.2, 0.25) is 5.91 Å². The highest BCUT2D eigenvalue weighted by Gasteiger charge is 2.16. The van der Waals surface area contributed by atoms with Gasteiger partial charge in [-0.25, -0.2) is 0 Å². The van der Waals surface area contributed by atoms with Gasteiger partial charge in [0, 0.05) is 30.8 Å². The first-order valence-corrected chi connectivity index (χ1v) is 6.97. The molecule has 0 saturated heterocycles. The van der Waals surface area contributed by atoms with Gasteiger partial charge in [-0.15, -0.1) is 0 Å². The zero-order chi connectivity index (χ0) is 15.0. The van der Waals surface area contributed by atoms with Gasteiger partial charge in [0.25, 0.3) is 0 Å². The number of nitriles is 1. The van der Waals surface area contributed by atoms with Crippen molar-refractivity contribution in [1.82, 2.24) is 0 Å². The van der Waals surface area contributed by atoms with Crippen molar-refractivity contribution in [1.29, 1.82) is 5.26 Å². The van der Waals surface area contributed by atoms with E-state index in [-0.39, 0.29) is 11.3 Å². The number of carbonyl (C=O) groups is 1. The van der Waals surface area contributed by atoms with Gasteiger partial charge in [0.15, 0.2) is 0 Å². The van der Waals surface area contributed by atoms with Crippen LogP contribution in [0.5, 0.6) is 0 Å². The minimum atomic E-state index is 0.0170. The molecule has 20 heavy (non-hydrogen) atoms. The first-order chi connectivity index (χ1) is 9.46. The van der Waals surface area contributed by atoms with Crippen molar-refractivity contribution in [2.75, 3.05) is 17.2 Å². The summed E-state index contributed by atoms with van der Waals surface area (Å²) in [5, 5.41) is 14.8. The second-order valence-corrected chi connectivity index (χ2v) is 5.65. The fourth-order valence-electron chi connectivity index (χ4n) is 1.74. The molecular weight excluding hydrogens is 250 g/mol. The monoisotopic (exact) mass is 273 g/mol. The lowest BCUT2D eigenvalue weighted by Gasteiger charge is -2.24. The zero-order valence-electron chi connectivity index (χ0n) is 12.5. The van der Waals surface area contributed by atoms with Crippen molar-refractivity contribution in [2.24, 2.45) is 5.41 Å². The van der Waals surface area contributed by atoms with Crippen LogP contribution in [0.4, 0.5) is 11.4 Å². The second-order valence-electron chi connectivity index (χ2n) is 5.65. The van der Waals surface area contributed by atoms with Gasteiger partial charge in [-0.2, -0.15) is 5.26 Å². The Balaban J connectivity index is 2.49. The van der Waals surface area contributed by atoms with Crippen LogP contribution in [0.1, 0.15) is 40.0 Å². The minimum absolute atomic E-state index is 0.0170. The molecule has 1 amide bonds. The molecule has 1 rings (SSSR count). The molecule has 4 nitrogen and oxygen atoms in total. The Kier molecular flexibility index (Phi) is 6.05. The smallest absolute Gasteiger partial charge is 0.224 e. The molecule has 0 aliphatic carbocycles. The van der Waals surface area contributed by atoms with Gasteiger partial charge in [0.05, 0.1) is 6.07 Å². The first kappa shape index (κ1) is 16.0. The van der Waals surface area contributed by atoms with Crippen LogP contribution in [-0.4, -0.2) is 12.5 Å². The fraction of sp³-hybridized carbons (Fsp3) is 0.500. The number of nitrogens with zero attached hydrogens (tertiary/aromatic N) is 1. The van der Waals surface area contributed by atoms with Crippen molar-refractivity contribution < 1.29 is 4.79 Å². The van der Waals surface area contributed by atoms with E-state index in [0.29, 0.717) is 12.8 Å². The molecule has 1 aromatic carbocycles. The van der Waals surface area contributed by atoms with E-state index in [2.05, 4.69) is 30.6 Å². The van der Waals surface area contributed by atoms with E-state index < -0.39 is 0 Å². The van der Waals surface area contributed by atoms with Crippen LogP contribution in [0.25, 0.3) is 0 Å². The largest absolute Gasteiger partial charge is 0.385 e. The Morgan fingerprint density at radius 1 is 1.25 bits per heavy atom. The molecule has 1 aromatic rings. The van der Waals surface area contributed by atoms with Crippen LogP contribution in [0.15, 0.2) is 24.3 Å². The SMILES string of the molecule is CCC(=O)Nc1ccc(NCC(C)(C)CCC#N)cc1. The Labute approximate surface area is 121 Å². The van der Waals surface area contributed by atoms with Crippen LogP contribution in [0.2, 0.25) is 0 Å². The van der Waals surface area contributed by atoms with E-state index in [9.17, 15) is 4.79 Å². The van der Waals surface area contributed by atoms with E-state index in [1.165, 1.54) is 0 Å². The summed E-state index contributed by atoms with van der Waals surface area (Å²) in [6, 6.07) is 9.86. The number of amides is 1. The first-order valence-electron chi connectivity index (χ1n) is 6.97. The van der Waals surface area contributed by atoms with Gasteiger partial charge < -0.3 is 10.6 Å². The molecule has 0 bridgehead atoms. The van der Waals surface area contributed by atoms with Crippen LogP contribution >= 0.6 is 0 Å². The molecule has 4 heteroatoms. The molecule has 0 unspecified atom stereocenters. The molecular formula is C16H23N3O. The molecule has 0 atom stereocenters. The Hall–Kier alpha value is -2.02. The summed E-state index contributed by atoms with van der Waals surface area (Å²) in [7, 11) is 0. The normalized spacial score (nSPS) is 10.7. The van der Waals surface area contributed by atoms with Crippen LogP contribution < -0.4 is 10.6 Å². The maximum atomic E-state index is 11.3. The lowest BCUT2D eigenvalue weighted by atomic mass is 9.88. The maximum Gasteiger partial charge on any atom is 0.224 e. The van der Waals surface area contributed by atoms with E-state index >= 15 is 0 Å². The van der Waals surface area contributed by atoms with E-state index in [4.69, 9.17) is 5.26 Å². The van der Waals surface area contributed by atoms with Crippen molar-refractivity contribution >= 4 is 17.3 Å². The number of hydrogen-bond donors (Lipinski definition) is 2. The molecule has 0 aliphatic rings. The summed E-state index contributed by atoms with van der Waals surface area (Å²) in [6.45, 7) is 6.93. The number of rotatable bonds is 7. The Morgan fingerprint density at radius 2 is 1.85 bits per heavy atom. The van der Waals surface area contributed by atoms with Crippen LogP contribution in [0.3, 0.4) is 0 Å². The molecule has 0 saturated carbocycles. The predicted molar refractivity (Wildman–Crippen MR) is 82.5 cm³/mol. The third-order valence-corrected chi connectivity index (χ3v) is 3.17. The molecule has 0 spiro atoms. The maximum absolute atomic E-state index is 11.3. The quantitative estimate of drug-likeness (QED) is 0.794.